The fourth-order valence-electron chi connectivity index (χ4n) is 5.76. The van der Waals surface area contributed by atoms with Crippen LogP contribution in [0.5, 0.6) is 11.5 Å². The van der Waals surface area contributed by atoms with E-state index in [-0.39, 0.29) is 30.0 Å². The zero-order chi connectivity index (χ0) is 28.0. The summed E-state index contributed by atoms with van der Waals surface area (Å²) in [6.07, 6.45) is 0.841. The number of hydrogen-bond acceptors (Lipinski definition) is 8. The molecule has 1 unspecified atom stereocenters. The molecule has 6 rings (SSSR count). The molecule has 0 spiro atoms. The van der Waals surface area contributed by atoms with E-state index in [0.29, 0.717) is 47.8 Å². The number of likely N-dealkylation sites (tertiary alicyclic amines) is 1. The number of benzene rings is 2. The molecule has 40 heavy (non-hydrogen) atoms. The first-order chi connectivity index (χ1) is 19.3. The van der Waals surface area contributed by atoms with E-state index >= 15 is 0 Å². The highest BCUT2D eigenvalue weighted by Crippen LogP contribution is 2.35. The molecule has 2 bridgehead atoms. The fourth-order valence-corrected chi connectivity index (χ4v) is 5.76. The van der Waals surface area contributed by atoms with Gasteiger partial charge in [-0.1, -0.05) is 24.3 Å². The summed E-state index contributed by atoms with van der Waals surface area (Å²) >= 11 is 0. The molecule has 206 valence electrons. The lowest BCUT2D eigenvalue weighted by molar-refractivity contribution is -0.992. The van der Waals surface area contributed by atoms with Crippen LogP contribution < -0.4 is 25.9 Å². The van der Waals surface area contributed by atoms with Gasteiger partial charge in [-0.05, 0) is 48.2 Å². The van der Waals surface area contributed by atoms with Crippen molar-refractivity contribution in [1.29, 1.82) is 0 Å². The molecule has 2 aromatic carbocycles. The summed E-state index contributed by atoms with van der Waals surface area (Å²) in [6.45, 7) is 1.14. The van der Waals surface area contributed by atoms with E-state index in [4.69, 9.17) is 13.9 Å². The Morgan fingerprint density at radius 3 is 2.65 bits per heavy atom. The topological polar surface area (TPSA) is 139 Å². The standard InChI is InChI=1S/C29H27N3O8/c1-38-25-4-2-3-19-12-22(29(35)40-27(19)25)18-5-7-21(8-6-18)39-16-26(33)30-13-17-11-20(15-30)23-9-10-24(32(36)37)28(34)31(23)14-17/h2-10,12,17,20,32,36H,11,13-16H2,1H3/t17-,20+/m0/s1. The van der Waals surface area contributed by atoms with Crippen LogP contribution in [0.1, 0.15) is 18.0 Å². The number of pyridine rings is 1. The number of fused-ring (bicyclic) bond motifs is 5. The molecule has 4 heterocycles. The van der Waals surface area contributed by atoms with Gasteiger partial charge < -0.3 is 28.6 Å². The van der Waals surface area contributed by atoms with Gasteiger partial charge in [-0.3, -0.25) is 9.59 Å². The van der Waals surface area contributed by atoms with Crippen LogP contribution in [-0.4, -0.2) is 47.4 Å². The van der Waals surface area contributed by atoms with E-state index in [2.05, 4.69) is 0 Å². The molecule has 0 saturated carbocycles. The van der Waals surface area contributed by atoms with Crippen LogP contribution in [0.15, 0.2) is 74.7 Å². The lowest BCUT2D eigenvalue weighted by Crippen LogP contribution is -3.00. The number of para-hydroxylation sites is 1. The summed E-state index contributed by atoms with van der Waals surface area (Å²) in [5, 5.41) is 20.1. The van der Waals surface area contributed by atoms with Gasteiger partial charge in [0.1, 0.15) is 5.75 Å². The Morgan fingerprint density at radius 1 is 1.10 bits per heavy atom. The Labute approximate surface area is 227 Å². The lowest BCUT2D eigenvalue weighted by atomic mass is 9.83. The molecule has 11 nitrogen and oxygen atoms in total. The Hall–Kier alpha value is -4.45. The molecule has 0 radical (unpaired) electrons. The maximum atomic E-state index is 13.0. The first kappa shape index (κ1) is 25.8. The van der Waals surface area contributed by atoms with Crippen LogP contribution in [0.25, 0.3) is 22.1 Å². The number of rotatable bonds is 6. The summed E-state index contributed by atoms with van der Waals surface area (Å²) in [5.41, 5.74) is 0.986. The number of aromatic nitrogens is 1. The maximum Gasteiger partial charge on any atom is 0.344 e. The third kappa shape index (κ3) is 4.64. The van der Waals surface area contributed by atoms with E-state index in [1.165, 1.54) is 13.2 Å². The molecule has 1 fully saturated rings. The first-order valence-electron chi connectivity index (χ1n) is 12.9. The third-order valence-electron chi connectivity index (χ3n) is 7.66. The van der Waals surface area contributed by atoms with E-state index in [9.17, 15) is 24.8 Å². The van der Waals surface area contributed by atoms with Crippen molar-refractivity contribution in [2.24, 2.45) is 5.92 Å². The molecule has 1 amide bonds. The number of ether oxygens (including phenoxy) is 2. The number of hydrogen-bond donors (Lipinski definition) is 2. The number of carbonyl (C=O) groups is 1. The largest absolute Gasteiger partial charge is 0.595 e. The predicted octanol–water partition coefficient (Wildman–Crippen LogP) is 2.06. The molecule has 11 heteroatoms. The van der Waals surface area contributed by atoms with Crippen LogP contribution >= 0.6 is 0 Å². The SMILES string of the molecule is COc1cccc2cc(-c3ccc(OCC(=O)N4C[C@@H]5C[C@H](C4)c4ccc([NH+]([O-])O)c(=O)n4C5)cc3)c(=O)oc12. The molecule has 2 aliphatic heterocycles. The van der Waals surface area contributed by atoms with Gasteiger partial charge in [0.25, 0.3) is 5.91 Å². The predicted molar refractivity (Wildman–Crippen MR) is 144 cm³/mol. The Bertz CT molecular complexity index is 1710. The van der Waals surface area contributed by atoms with Crippen molar-refractivity contribution >= 4 is 22.6 Å². The third-order valence-corrected chi connectivity index (χ3v) is 7.66. The Balaban J connectivity index is 1.12. The van der Waals surface area contributed by atoms with Crippen molar-refractivity contribution in [3.8, 4) is 22.6 Å². The minimum atomic E-state index is -1.24. The van der Waals surface area contributed by atoms with E-state index in [0.717, 1.165) is 17.5 Å². The summed E-state index contributed by atoms with van der Waals surface area (Å²) in [6, 6.07) is 17.1. The van der Waals surface area contributed by atoms with E-state index in [1.54, 1.807) is 51.9 Å². The van der Waals surface area contributed by atoms with Crippen molar-refractivity contribution in [1.82, 2.24) is 9.47 Å². The normalized spacial score (nSPS) is 18.7. The zero-order valence-corrected chi connectivity index (χ0v) is 21.7. The van der Waals surface area contributed by atoms with Gasteiger partial charge in [-0.15, -0.1) is 0 Å². The highest BCUT2D eigenvalue weighted by molar-refractivity contribution is 5.86. The fraction of sp³-hybridized carbons (Fsp3) is 0.276. The molecular formula is C29H27N3O8. The summed E-state index contributed by atoms with van der Waals surface area (Å²) in [4.78, 5) is 40.1. The van der Waals surface area contributed by atoms with Crippen molar-refractivity contribution in [3.63, 3.8) is 0 Å². The average Bonchev–Trinajstić information content (AvgIpc) is 2.96. The summed E-state index contributed by atoms with van der Waals surface area (Å²) in [5.74, 6) is 0.821. The van der Waals surface area contributed by atoms with Crippen molar-refractivity contribution in [2.75, 3.05) is 26.8 Å². The van der Waals surface area contributed by atoms with Crippen LogP contribution in [0.3, 0.4) is 0 Å². The van der Waals surface area contributed by atoms with Crippen LogP contribution in [0.4, 0.5) is 5.69 Å². The number of carbonyl (C=O) groups excluding carboxylic acids is 1. The van der Waals surface area contributed by atoms with Crippen molar-refractivity contribution in [3.05, 3.63) is 92.3 Å². The van der Waals surface area contributed by atoms with Gasteiger partial charge >= 0.3 is 11.2 Å². The minimum absolute atomic E-state index is 0.0418. The second-order valence-corrected chi connectivity index (χ2v) is 10.1. The van der Waals surface area contributed by atoms with Crippen molar-refractivity contribution in [2.45, 2.75) is 18.9 Å². The van der Waals surface area contributed by atoms with Crippen LogP contribution in [-0.2, 0) is 11.3 Å². The zero-order valence-electron chi connectivity index (χ0n) is 21.7. The van der Waals surface area contributed by atoms with Gasteiger partial charge in [0.05, 0.1) is 12.7 Å². The molecule has 2 aliphatic rings. The molecule has 0 aliphatic carbocycles. The molecule has 2 aromatic heterocycles. The monoisotopic (exact) mass is 545 g/mol. The molecular weight excluding hydrogens is 518 g/mol. The minimum Gasteiger partial charge on any atom is -0.595 e. The van der Waals surface area contributed by atoms with E-state index < -0.39 is 16.4 Å². The second-order valence-electron chi connectivity index (χ2n) is 10.1. The van der Waals surface area contributed by atoms with Gasteiger partial charge in [0.2, 0.25) is 5.69 Å². The number of piperidine rings is 1. The first-order valence-corrected chi connectivity index (χ1v) is 12.9. The van der Waals surface area contributed by atoms with Gasteiger partial charge in [-0.2, -0.15) is 5.23 Å². The van der Waals surface area contributed by atoms with Crippen LogP contribution in [0.2, 0.25) is 0 Å². The smallest absolute Gasteiger partial charge is 0.344 e. The Morgan fingerprint density at radius 2 is 1.90 bits per heavy atom. The Kier molecular flexibility index (Phi) is 6.62. The molecule has 1 saturated heterocycles. The quantitative estimate of drug-likeness (QED) is 0.277. The van der Waals surface area contributed by atoms with Gasteiger partial charge in [0.15, 0.2) is 17.9 Å². The van der Waals surface area contributed by atoms with E-state index in [1.807, 2.05) is 12.1 Å². The molecule has 3 atom stereocenters. The number of nitrogens with zero attached hydrogens (tertiary/aromatic N) is 2. The number of nitrogens with one attached hydrogen (secondary N) is 1. The number of quaternary nitrogens is 1. The maximum absolute atomic E-state index is 13.0. The number of amides is 1. The summed E-state index contributed by atoms with van der Waals surface area (Å²) in [7, 11) is 1.52. The highest BCUT2D eigenvalue weighted by Gasteiger charge is 2.37. The van der Waals surface area contributed by atoms with Crippen LogP contribution in [0, 0.1) is 11.1 Å². The lowest BCUT2D eigenvalue weighted by Gasteiger charge is -2.42. The summed E-state index contributed by atoms with van der Waals surface area (Å²) < 4.78 is 18.1. The average molecular weight is 546 g/mol. The van der Waals surface area contributed by atoms with Crippen molar-refractivity contribution < 1.29 is 29.1 Å². The molecule has 2 N–H and O–H groups in total. The van der Waals surface area contributed by atoms with Gasteiger partial charge in [0, 0.05) is 42.7 Å². The molecule has 4 aromatic rings. The van der Waals surface area contributed by atoms with Gasteiger partial charge in [-0.25, -0.2) is 10.0 Å². The number of methoxy groups -OCH3 is 1. The second kappa shape index (κ2) is 10.3. The highest BCUT2D eigenvalue weighted by atomic mass is 16.8.